The summed E-state index contributed by atoms with van der Waals surface area (Å²) < 4.78 is 38.2. The van der Waals surface area contributed by atoms with Crippen molar-refractivity contribution in [2.75, 3.05) is 0 Å². The lowest BCUT2D eigenvalue weighted by molar-refractivity contribution is -0.138. The van der Waals surface area contributed by atoms with Gasteiger partial charge in [-0.15, -0.1) is 0 Å². The van der Waals surface area contributed by atoms with Crippen LogP contribution in [-0.2, 0) is 6.18 Å². The van der Waals surface area contributed by atoms with Crippen LogP contribution in [0.25, 0.3) is 0 Å². The number of alkyl halides is 3. The van der Waals surface area contributed by atoms with E-state index in [4.69, 9.17) is 0 Å². The number of halogens is 4. The van der Waals surface area contributed by atoms with E-state index in [9.17, 15) is 18.3 Å². The number of aliphatic hydroxyl groups excluding tert-OH is 1. The number of benzene rings is 1. The number of rotatable bonds is 2. The lowest BCUT2D eigenvalue weighted by Gasteiger charge is -2.16. The van der Waals surface area contributed by atoms with E-state index in [1.54, 1.807) is 0 Å². The standard InChI is InChI=1S/C13H12BrF3O/c14-11-6-5-9(7-10(11)13(15,16)17)12(18)8-3-1-2-4-8/h3,5-7,12,18H,1-2,4H2. The molecule has 0 radical (unpaired) electrons. The van der Waals surface area contributed by atoms with Crippen molar-refractivity contribution in [3.63, 3.8) is 0 Å². The zero-order chi connectivity index (χ0) is 13.3. The quantitative estimate of drug-likeness (QED) is 0.789. The highest BCUT2D eigenvalue weighted by atomic mass is 79.9. The first-order valence-electron chi connectivity index (χ1n) is 5.63. The molecule has 0 saturated heterocycles. The molecule has 5 heteroatoms. The largest absolute Gasteiger partial charge is 0.417 e. The maximum Gasteiger partial charge on any atom is 0.417 e. The van der Waals surface area contributed by atoms with Crippen molar-refractivity contribution in [2.45, 2.75) is 31.5 Å². The summed E-state index contributed by atoms with van der Waals surface area (Å²) in [5, 5.41) is 10.1. The van der Waals surface area contributed by atoms with Gasteiger partial charge in [0.05, 0.1) is 5.56 Å². The van der Waals surface area contributed by atoms with Gasteiger partial charge in [-0.05, 0) is 42.5 Å². The average molecular weight is 321 g/mol. The Bertz CT molecular complexity index is 480. The third-order valence-corrected chi connectivity index (χ3v) is 3.73. The average Bonchev–Trinajstić information content (AvgIpc) is 2.80. The minimum absolute atomic E-state index is 0.00801. The molecule has 1 aliphatic carbocycles. The fourth-order valence-corrected chi connectivity index (χ4v) is 2.56. The lowest BCUT2D eigenvalue weighted by Crippen LogP contribution is -2.08. The second-order valence-electron chi connectivity index (χ2n) is 4.31. The van der Waals surface area contributed by atoms with Crippen LogP contribution in [0.5, 0.6) is 0 Å². The normalized spacial score (nSPS) is 17.7. The first kappa shape index (κ1) is 13.6. The molecule has 0 aromatic heterocycles. The van der Waals surface area contributed by atoms with Crippen molar-refractivity contribution in [3.8, 4) is 0 Å². The first-order valence-corrected chi connectivity index (χ1v) is 6.42. The van der Waals surface area contributed by atoms with E-state index in [2.05, 4.69) is 15.9 Å². The van der Waals surface area contributed by atoms with Gasteiger partial charge in [-0.25, -0.2) is 0 Å². The van der Waals surface area contributed by atoms with Gasteiger partial charge >= 0.3 is 6.18 Å². The minimum atomic E-state index is -4.42. The number of allylic oxidation sites excluding steroid dienone is 1. The van der Waals surface area contributed by atoms with Crippen LogP contribution in [0.2, 0.25) is 0 Å². The zero-order valence-electron chi connectivity index (χ0n) is 9.47. The van der Waals surface area contributed by atoms with E-state index in [1.807, 2.05) is 6.08 Å². The van der Waals surface area contributed by atoms with E-state index in [1.165, 1.54) is 12.1 Å². The van der Waals surface area contributed by atoms with Crippen LogP contribution in [0, 0.1) is 0 Å². The summed E-state index contributed by atoms with van der Waals surface area (Å²) in [5.41, 5.74) is 0.349. The third kappa shape index (κ3) is 2.78. The van der Waals surface area contributed by atoms with Gasteiger partial charge in [0.1, 0.15) is 6.10 Å². The highest BCUT2D eigenvalue weighted by molar-refractivity contribution is 9.10. The van der Waals surface area contributed by atoms with Gasteiger partial charge in [0.2, 0.25) is 0 Å². The molecule has 18 heavy (non-hydrogen) atoms. The molecule has 0 saturated carbocycles. The molecule has 0 bridgehead atoms. The van der Waals surface area contributed by atoms with Crippen LogP contribution in [0.15, 0.2) is 34.3 Å². The molecular weight excluding hydrogens is 309 g/mol. The molecule has 0 fully saturated rings. The summed E-state index contributed by atoms with van der Waals surface area (Å²) in [7, 11) is 0. The number of aliphatic hydroxyl groups is 1. The summed E-state index contributed by atoms with van der Waals surface area (Å²) in [5.74, 6) is 0. The Labute approximate surface area is 111 Å². The minimum Gasteiger partial charge on any atom is -0.384 e. The topological polar surface area (TPSA) is 20.2 Å². The first-order chi connectivity index (χ1) is 8.39. The molecule has 0 amide bonds. The predicted molar refractivity (Wildman–Crippen MR) is 66.0 cm³/mol. The second-order valence-corrected chi connectivity index (χ2v) is 5.17. The monoisotopic (exact) mass is 320 g/mol. The molecule has 1 aromatic carbocycles. The highest BCUT2D eigenvalue weighted by Gasteiger charge is 2.33. The highest BCUT2D eigenvalue weighted by Crippen LogP contribution is 2.38. The van der Waals surface area contributed by atoms with E-state index in [-0.39, 0.29) is 4.47 Å². The summed E-state index contributed by atoms with van der Waals surface area (Å²) in [6, 6.07) is 3.86. The Morgan fingerprint density at radius 3 is 2.56 bits per heavy atom. The Balaban J connectivity index is 2.35. The van der Waals surface area contributed by atoms with Crippen LogP contribution in [0.3, 0.4) is 0 Å². The SMILES string of the molecule is OC(C1=CCCC1)c1ccc(Br)c(C(F)(F)F)c1. The molecule has 0 spiro atoms. The molecule has 1 N–H and O–H groups in total. The number of hydrogen-bond acceptors (Lipinski definition) is 1. The second kappa shape index (κ2) is 5.05. The summed E-state index contributed by atoms with van der Waals surface area (Å²) in [4.78, 5) is 0. The molecular formula is C13H12BrF3O. The lowest BCUT2D eigenvalue weighted by atomic mass is 9.99. The third-order valence-electron chi connectivity index (χ3n) is 3.04. The van der Waals surface area contributed by atoms with E-state index in [0.29, 0.717) is 5.56 Å². The summed E-state index contributed by atoms with van der Waals surface area (Å²) in [6.07, 6.45) is -0.858. The molecule has 98 valence electrons. The maximum atomic E-state index is 12.7. The Morgan fingerprint density at radius 1 is 1.28 bits per heavy atom. The smallest absolute Gasteiger partial charge is 0.384 e. The van der Waals surface area contributed by atoms with E-state index >= 15 is 0 Å². The van der Waals surface area contributed by atoms with Crippen molar-refractivity contribution in [1.82, 2.24) is 0 Å². The van der Waals surface area contributed by atoms with Gasteiger partial charge < -0.3 is 5.11 Å². The molecule has 0 aliphatic heterocycles. The van der Waals surface area contributed by atoms with Crippen LogP contribution in [0.1, 0.15) is 36.5 Å². The molecule has 1 unspecified atom stereocenters. The van der Waals surface area contributed by atoms with Crippen molar-refractivity contribution in [2.24, 2.45) is 0 Å². The van der Waals surface area contributed by atoms with Gasteiger partial charge in [-0.1, -0.05) is 28.1 Å². The predicted octanol–water partition coefficient (Wildman–Crippen LogP) is 4.61. The molecule has 1 atom stereocenters. The molecule has 2 rings (SSSR count). The number of hydrogen-bond donors (Lipinski definition) is 1. The van der Waals surface area contributed by atoms with Gasteiger partial charge in [-0.3, -0.25) is 0 Å². The molecule has 0 heterocycles. The Kier molecular flexibility index (Phi) is 3.82. The molecule has 1 aromatic rings. The maximum absolute atomic E-state index is 12.7. The van der Waals surface area contributed by atoms with Gasteiger partial charge in [0.25, 0.3) is 0 Å². The Morgan fingerprint density at radius 2 is 2.00 bits per heavy atom. The summed E-state index contributed by atoms with van der Waals surface area (Å²) in [6.45, 7) is 0. The summed E-state index contributed by atoms with van der Waals surface area (Å²) >= 11 is 2.88. The van der Waals surface area contributed by atoms with Crippen molar-refractivity contribution >= 4 is 15.9 Å². The zero-order valence-corrected chi connectivity index (χ0v) is 11.1. The molecule has 1 nitrogen and oxygen atoms in total. The van der Waals surface area contributed by atoms with E-state index < -0.39 is 17.8 Å². The van der Waals surface area contributed by atoms with E-state index in [0.717, 1.165) is 30.9 Å². The van der Waals surface area contributed by atoms with Crippen molar-refractivity contribution in [1.29, 1.82) is 0 Å². The van der Waals surface area contributed by atoms with Gasteiger partial charge in [0.15, 0.2) is 0 Å². The van der Waals surface area contributed by atoms with Crippen molar-refractivity contribution < 1.29 is 18.3 Å². The Hall–Kier alpha value is -0.810. The van der Waals surface area contributed by atoms with Crippen LogP contribution in [0.4, 0.5) is 13.2 Å². The van der Waals surface area contributed by atoms with Gasteiger partial charge in [0, 0.05) is 4.47 Å². The fraction of sp³-hybridized carbons (Fsp3) is 0.385. The fourth-order valence-electron chi connectivity index (χ4n) is 2.09. The van der Waals surface area contributed by atoms with Crippen LogP contribution < -0.4 is 0 Å². The van der Waals surface area contributed by atoms with Crippen LogP contribution >= 0.6 is 15.9 Å². The van der Waals surface area contributed by atoms with Gasteiger partial charge in [-0.2, -0.15) is 13.2 Å². The van der Waals surface area contributed by atoms with Crippen LogP contribution in [-0.4, -0.2) is 5.11 Å². The molecule has 1 aliphatic rings. The van der Waals surface area contributed by atoms with Crippen molar-refractivity contribution in [3.05, 3.63) is 45.4 Å².